The fraction of sp³-hybridized carbons (Fsp3) is 0.611. The van der Waals surface area contributed by atoms with Crippen LogP contribution in [0.15, 0.2) is 37.0 Å². The molecule has 128 valence electrons. The second-order valence-electron chi connectivity index (χ2n) is 5.92. The molecule has 0 aliphatic heterocycles. The Bertz CT molecular complexity index is 337. The van der Waals surface area contributed by atoms with Gasteiger partial charge in [-0.05, 0) is 12.0 Å². The van der Waals surface area contributed by atoms with Crippen molar-refractivity contribution in [3.05, 3.63) is 37.0 Å². The number of hydrogen-bond acceptors (Lipinski definition) is 3. The molecule has 0 spiro atoms. The van der Waals surface area contributed by atoms with Gasteiger partial charge in [0.1, 0.15) is 6.61 Å². The number of carbonyl (C=O) groups is 1. The van der Waals surface area contributed by atoms with E-state index in [1.807, 2.05) is 0 Å². The van der Waals surface area contributed by atoms with Crippen molar-refractivity contribution in [3.63, 3.8) is 0 Å². The summed E-state index contributed by atoms with van der Waals surface area (Å²) in [6, 6.07) is 0. The molecular formula is C18H33NO2S. The van der Waals surface area contributed by atoms with E-state index in [1.165, 1.54) is 12.8 Å². The van der Waals surface area contributed by atoms with Gasteiger partial charge < -0.3 is 10.1 Å². The molecule has 0 aliphatic carbocycles. The highest BCUT2D eigenvalue weighted by Gasteiger charge is 2.01. The monoisotopic (exact) mass is 327 g/mol. The van der Waals surface area contributed by atoms with Gasteiger partial charge in [-0.3, -0.25) is 0 Å². The molecule has 0 rings (SSSR count). The van der Waals surface area contributed by atoms with Crippen LogP contribution in [0.25, 0.3) is 0 Å². The summed E-state index contributed by atoms with van der Waals surface area (Å²) in [5, 5.41) is 2.71. The van der Waals surface area contributed by atoms with Gasteiger partial charge in [0, 0.05) is 11.3 Å². The molecule has 3 nitrogen and oxygen atoms in total. The Balaban J connectivity index is 0. The van der Waals surface area contributed by atoms with E-state index in [9.17, 15) is 4.79 Å². The van der Waals surface area contributed by atoms with Gasteiger partial charge >= 0.3 is 6.09 Å². The molecule has 0 heterocycles. The van der Waals surface area contributed by atoms with Crippen molar-refractivity contribution in [1.29, 1.82) is 0 Å². The Kier molecular flexibility index (Phi) is 15.5. The van der Waals surface area contributed by atoms with Crippen LogP contribution < -0.4 is 5.32 Å². The summed E-state index contributed by atoms with van der Waals surface area (Å²) >= 11 is 4.12. The average molecular weight is 328 g/mol. The molecule has 0 aromatic rings. The van der Waals surface area contributed by atoms with E-state index < -0.39 is 0 Å². The van der Waals surface area contributed by atoms with Crippen LogP contribution in [0, 0.1) is 0 Å². The van der Waals surface area contributed by atoms with Crippen molar-refractivity contribution in [2.45, 2.75) is 58.1 Å². The highest BCUT2D eigenvalue weighted by Crippen LogP contribution is 2.07. The SMILES string of the molecule is C=C/C=C(\C=C)COC(=O)NCCCCCC.CC(C)(C)S. The summed E-state index contributed by atoms with van der Waals surface area (Å²) in [6.45, 7) is 16.4. The molecule has 0 fully saturated rings. The molecule has 22 heavy (non-hydrogen) atoms. The second-order valence-corrected chi connectivity index (χ2v) is 7.26. The topological polar surface area (TPSA) is 38.3 Å². The summed E-state index contributed by atoms with van der Waals surface area (Å²) in [6.07, 6.45) is 9.23. The van der Waals surface area contributed by atoms with Crippen LogP contribution in [0.2, 0.25) is 0 Å². The van der Waals surface area contributed by atoms with Crippen LogP contribution in [0.3, 0.4) is 0 Å². The molecule has 0 aromatic carbocycles. The molecule has 0 atom stereocenters. The average Bonchev–Trinajstić information content (AvgIpc) is 2.41. The third kappa shape index (κ3) is 23.9. The van der Waals surface area contributed by atoms with Gasteiger partial charge in [-0.2, -0.15) is 12.6 Å². The zero-order chi connectivity index (χ0) is 17.4. The van der Waals surface area contributed by atoms with Crippen LogP contribution in [0.1, 0.15) is 53.4 Å². The maximum atomic E-state index is 11.3. The van der Waals surface area contributed by atoms with Gasteiger partial charge in [0.15, 0.2) is 0 Å². The van der Waals surface area contributed by atoms with Crippen molar-refractivity contribution >= 4 is 18.7 Å². The van der Waals surface area contributed by atoms with E-state index in [0.717, 1.165) is 18.4 Å². The standard InChI is InChI=1S/C14H23NO2.C4H10S/c1-4-7-8-9-11-15-14(16)17-12-13(6-3)10-5-2;1-4(2,3)5/h5-6,10H,2-4,7-9,11-12H2,1H3,(H,15,16);5H,1-3H3/b13-10+;. The zero-order valence-electron chi connectivity index (χ0n) is 14.7. The minimum absolute atomic E-state index is 0.194. The van der Waals surface area contributed by atoms with E-state index in [4.69, 9.17) is 4.74 Å². The summed E-state index contributed by atoms with van der Waals surface area (Å²) in [5.74, 6) is 0. The van der Waals surface area contributed by atoms with E-state index in [-0.39, 0.29) is 17.4 Å². The maximum absolute atomic E-state index is 11.3. The molecule has 0 aromatic heterocycles. The zero-order valence-corrected chi connectivity index (χ0v) is 15.5. The van der Waals surface area contributed by atoms with Crippen LogP contribution in [0.5, 0.6) is 0 Å². The minimum Gasteiger partial charge on any atom is -0.445 e. The number of unbranched alkanes of at least 4 members (excludes halogenated alkanes) is 3. The predicted octanol–water partition coefficient (Wildman–Crippen LogP) is 5.31. The Morgan fingerprint density at radius 2 is 1.82 bits per heavy atom. The maximum Gasteiger partial charge on any atom is 0.407 e. The molecule has 1 N–H and O–H groups in total. The highest BCUT2D eigenvalue weighted by molar-refractivity contribution is 7.81. The van der Waals surface area contributed by atoms with Crippen LogP contribution in [0.4, 0.5) is 4.79 Å². The molecule has 0 saturated heterocycles. The molecule has 0 unspecified atom stereocenters. The number of thiol groups is 1. The smallest absolute Gasteiger partial charge is 0.407 e. The number of rotatable bonds is 9. The van der Waals surface area contributed by atoms with Gasteiger partial charge in [-0.25, -0.2) is 4.79 Å². The summed E-state index contributed by atoms with van der Waals surface area (Å²) in [4.78, 5) is 11.3. The molecule has 1 amide bonds. The Morgan fingerprint density at radius 1 is 1.23 bits per heavy atom. The summed E-state index contributed by atoms with van der Waals surface area (Å²) in [5.41, 5.74) is 0.834. The fourth-order valence-corrected chi connectivity index (χ4v) is 1.27. The highest BCUT2D eigenvalue weighted by atomic mass is 32.1. The van der Waals surface area contributed by atoms with Crippen molar-refractivity contribution in [2.75, 3.05) is 13.2 Å². The normalized spacial score (nSPS) is 11.0. The second kappa shape index (κ2) is 14.8. The lowest BCUT2D eigenvalue weighted by molar-refractivity contribution is 0.156. The van der Waals surface area contributed by atoms with Crippen molar-refractivity contribution in [2.24, 2.45) is 0 Å². The number of nitrogens with one attached hydrogen (secondary N) is 1. The number of alkyl carbamates (subject to hydrolysis) is 1. The van der Waals surface area contributed by atoms with Gasteiger partial charge in [0.2, 0.25) is 0 Å². The van der Waals surface area contributed by atoms with Gasteiger partial charge in [-0.1, -0.05) is 78.3 Å². The molecule has 0 radical (unpaired) electrons. The molecule has 4 heteroatoms. The van der Waals surface area contributed by atoms with Gasteiger partial charge in [0.25, 0.3) is 0 Å². The molecule has 0 saturated carbocycles. The third-order valence-electron chi connectivity index (χ3n) is 2.26. The Labute approximate surface area is 142 Å². The molecule has 0 bridgehead atoms. The minimum atomic E-state index is -0.377. The van der Waals surface area contributed by atoms with E-state index in [0.29, 0.717) is 6.54 Å². The molecule has 0 aliphatic rings. The number of hydrogen-bond donors (Lipinski definition) is 2. The van der Waals surface area contributed by atoms with Crippen LogP contribution in [-0.4, -0.2) is 24.0 Å². The quantitative estimate of drug-likeness (QED) is 0.342. The number of carbonyl (C=O) groups excluding carboxylic acids is 1. The predicted molar refractivity (Wildman–Crippen MR) is 101 cm³/mol. The first-order valence-electron chi connectivity index (χ1n) is 7.81. The number of ether oxygens (including phenoxy) is 1. The Morgan fingerprint density at radius 3 is 2.27 bits per heavy atom. The van der Waals surface area contributed by atoms with E-state index in [1.54, 1.807) is 18.2 Å². The first kappa shape index (κ1) is 23.1. The van der Waals surface area contributed by atoms with Gasteiger partial charge in [-0.15, -0.1) is 0 Å². The van der Waals surface area contributed by atoms with Crippen molar-refractivity contribution in [3.8, 4) is 0 Å². The summed E-state index contributed by atoms with van der Waals surface area (Å²) in [7, 11) is 0. The number of amides is 1. The lowest BCUT2D eigenvalue weighted by Crippen LogP contribution is -2.25. The largest absolute Gasteiger partial charge is 0.445 e. The van der Waals surface area contributed by atoms with E-state index in [2.05, 4.69) is 58.8 Å². The van der Waals surface area contributed by atoms with E-state index >= 15 is 0 Å². The third-order valence-corrected chi connectivity index (χ3v) is 2.26. The Hall–Kier alpha value is -1.16. The van der Waals surface area contributed by atoms with Crippen LogP contribution in [-0.2, 0) is 4.74 Å². The summed E-state index contributed by atoms with van der Waals surface area (Å²) < 4.78 is 5.21. The lowest BCUT2D eigenvalue weighted by Gasteiger charge is -2.07. The number of allylic oxidation sites excluding steroid dienone is 2. The molecular weight excluding hydrogens is 294 g/mol. The fourth-order valence-electron chi connectivity index (χ4n) is 1.27. The van der Waals surface area contributed by atoms with Crippen LogP contribution >= 0.6 is 12.6 Å². The first-order chi connectivity index (χ1) is 10.2. The van der Waals surface area contributed by atoms with Gasteiger partial charge in [0.05, 0.1) is 0 Å². The van der Waals surface area contributed by atoms with Crippen molar-refractivity contribution in [1.82, 2.24) is 5.32 Å². The first-order valence-corrected chi connectivity index (χ1v) is 8.26. The van der Waals surface area contributed by atoms with Crippen molar-refractivity contribution < 1.29 is 9.53 Å². The lowest BCUT2D eigenvalue weighted by atomic mass is 10.2.